The van der Waals surface area contributed by atoms with E-state index in [9.17, 15) is 19.5 Å². The lowest BCUT2D eigenvalue weighted by Gasteiger charge is -2.33. The Labute approximate surface area is 161 Å². The number of nitrogens with zero attached hydrogens (tertiary/aromatic N) is 2. The Morgan fingerprint density at radius 1 is 1.30 bits per heavy atom. The van der Waals surface area contributed by atoms with Gasteiger partial charge in [0.1, 0.15) is 6.04 Å². The molecular formula is C19H21N3O4S. The van der Waals surface area contributed by atoms with Crippen molar-refractivity contribution in [2.45, 2.75) is 38.1 Å². The summed E-state index contributed by atoms with van der Waals surface area (Å²) in [7, 11) is 0. The largest absolute Gasteiger partial charge is 0.480 e. The number of carboxylic acids is 1. The van der Waals surface area contributed by atoms with Gasteiger partial charge in [0, 0.05) is 42.2 Å². The highest BCUT2D eigenvalue weighted by Crippen LogP contribution is 2.21. The Morgan fingerprint density at radius 3 is 2.89 bits per heavy atom. The number of amides is 2. The first kappa shape index (κ1) is 19.0. The molecule has 1 atom stereocenters. The van der Waals surface area contributed by atoms with Crippen LogP contribution in [0.3, 0.4) is 0 Å². The minimum absolute atomic E-state index is 0.156. The average Bonchev–Trinajstić information content (AvgIpc) is 3.19. The van der Waals surface area contributed by atoms with E-state index in [4.69, 9.17) is 0 Å². The third-order valence-electron chi connectivity index (χ3n) is 4.49. The lowest BCUT2D eigenvalue weighted by molar-refractivity contribution is -0.143. The summed E-state index contributed by atoms with van der Waals surface area (Å²) in [5.74, 6) is -1.45. The summed E-state index contributed by atoms with van der Waals surface area (Å²) in [6.07, 6.45) is 4.64. The first-order valence-corrected chi connectivity index (χ1v) is 9.74. The van der Waals surface area contributed by atoms with Gasteiger partial charge >= 0.3 is 5.97 Å². The zero-order chi connectivity index (χ0) is 19.2. The molecule has 1 aromatic heterocycles. The maximum absolute atomic E-state index is 12.8. The monoisotopic (exact) mass is 387 g/mol. The van der Waals surface area contributed by atoms with Gasteiger partial charge in [0.05, 0.1) is 5.01 Å². The van der Waals surface area contributed by atoms with Crippen molar-refractivity contribution in [1.29, 1.82) is 0 Å². The van der Waals surface area contributed by atoms with Crippen LogP contribution in [-0.2, 0) is 16.0 Å². The summed E-state index contributed by atoms with van der Waals surface area (Å²) in [5, 5.41) is 14.9. The molecule has 7 nitrogen and oxygen atoms in total. The third-order valence-corrected chi connectivity index (χ3v) is 5.33. The van der Waals surface area contributed by atoms with Gasteiger partial charge in [0.2, 0.25) is 5.91 Å². The Kier molecular flexibility index (Phi) is 6.18. The number of likely N-dealkylation sites (tertiary alicyclic amines) is 1. The Morgan fingerprint density at radius 2 is 2.15 bits per heavy atom. The maximum Gasteiger partial charge on any atom is 0.326 e. The van der Waals surface area contributed by atoms with E-state index in [1.807, 2.05) is 5.38 Å². The molecule has 2 heterocycles. The van der Waals surface area contributed by atoms with E-state index in [1.165, 1.54) is 16.2 Å². The summed E-state index contributed by atoms with van der Waals surface area (Å²) >= 11 is 1.51. The molecule has 2 aromatic rings. The summed E-state index contributed by atoms with van der Waals surface area (Å²) in [6, 6.07) is 5.84. The van der Waals surface area contributed by atoms with Crippen molar-refractivity contribution in [3.63, 3.8) is 0 Å². The van der Waals surface area contributed by atoms with E-state index in [0.29, 0.717) is 37.1 Å². The number of carboxylic acid groups (broad SMARTS) is 1. The second-order valence-electron chi connectivity index (χ2n) is 6.40. The molecular weight excluding hydrogens is 366 g/mol. The van der Waals surface area contributed by atoms with Gasteiger partial charge in [-0.3, -0.25) is 9.59 Å². The second-order valence-corrected chi connectivity index (χ2v) is 7.38. The molecule has 1 aromatic carbocycles. The Hall–Kier alpha value is -2.74. The van der Waals surface area contributed by atoms with Gasteiger partial charge in [-0.2, -0.15) is 0 Å². The standard InChI is InChI=1S/C19H21N3O4S/c23-16(7-8-17-20-9-11-27-17)21-14-5-3-4-13(12-14)18(24)22-10-2-1-6-15(22)19(25)26/h3-5,9,11-12,15H,1-2,6-8,10H2,(H,21,23)(H,25,26). The van der Waals surface area contributed by atoms with Gasteiger partial charge in [-0.05, 0) is 37.5 Å². The van der Waals surface area contributed by atoms with E-state index in [0.717, 1.165) is 17.8 Å². The minimum Gasteiger partial charge on any atom is -0.480 e. The van der Waals surface area contributed by atoms with Crippen molar-refractivity contribution in [3.8, 4) is 0 Å². The molecule has 0 aliphatic carbocycles. The molecule has 2 amide bonds. The van der Waals surface area contributed by atoms with Crippen molar-refractivity contribution in [1.82, 2.24) is 9.88 Å². The van der Waals surface area contributed by atoms with Crippen LogP contribution in [0.2, 0.25) is 0 Å². The molecule has 0 radical (unpaired) electrons. The van der Waals surface area contributed by atoms with Crippen LogP contribution >= 0.6 is 11.3 Å². The number of thiazole rings is 1. The molecule has 0 saturated carbocycles. The zero-order valence-corrected chi connectivity index (χ0v) is 15.6. The number of aromatic nitrogens is 1. The average molecular weight is 387 g/mol. The topological polar surface area (TPSA) is 99.6 Å². The number of carbonyl (C=O) groups is 3. The van der Waals surface area contributed by atoms with Gasteiger partial charge in [-0.25, -0.2) is 9.78 Å². The van der Waals surface area contributed by atoms with Crippen LogP contribution in [0.4, 0.5) is 5.69 Å². The first-order chi connectivity index (χ1) is 13.0. The van der Waals surface area contributed by atoms with Crippen LogP contribution < -0.4 is 5.32 Å². The van der Waals surface area contributed by atoms with E-state index >= 15 is 0 Å². The fourth-order valence-electron chi connectivity index (χ4n) is 3.15. The Balaban J connectivity index is 1.64. The number of aliphatic carboxylic acids is 1. The summed E-state index contributed by atoms with van der Waals surface area (Å²) in [5.41, 5.74) is 0.898. The highest BCUT2D eigenvalue weighted by molar-refractivity contribution is 7.09. The molecule has 142 valence electrons. The predicted molar refractivity (Wildman–Crippen MR) is 102 cm³/mol. The number of nitrogens with one attached hydrogen (secondary N) is 1. The number of anilines is 1. The molecule has 1 unspecified atom stereocenters. The van der Waals surface area contributed by atoms with Crippen molar-refractivity contribution in [2.75, 3.05) is 11.9 Å². The normalized spacial score (nSPS) is 16.7. The smallest absolute Gasteiger partial charge is 0.326 e. The molecule has 27 heavy (non-hydrogen) atoms. The van der Waals surface area contributed by atoms with Crippen molar-refractivity contribution in [2.24, 2.45) is 0 Å². The van der Waals surface area contributed by atoms with Crippen molar-refractivity contribution in [3.05, 3.63) is 46.4 Å². The lowest BCUT2D eigenvalue weighted by atomic mass is 10.0. The zero-order valence-electron chi connectivity index (χ0n) is 14.8. The van der Waals surface area contributed by atoms with E-state index in [-0.39, 0.29) is 11.8 Å². The number of carbonyl (C=O) groups excluding carboxylic acids is 2. The fraction of sp³-hybridized carbons (Fsp3) is 0.368. The van der Waals surface area contributed by atoms with Crippen LogP contribution in [0.1, 0.15) is 41.0 Å². The fourth-order valence-corrected chi connectivity index (χ4v) is 3.77. The lowest BCUT2D eigenvalue weighted by Crippen LogP contribution is -2.48. The number of hydrogen-bond donors (Lipinski definition) is 2. The molecule has 3 rings (SSSR count). The molecule has 1 saturated heterocycles. The third kappa shape index (κ3) is 4.91. The minimum atomic E-state index is -0.977. The number of aryl methyl sites for hydroxylation is 1. The molecule has 0 spiro atoms. The SMILES string of the molecule is O=C(CCc1nccs1)Nc1cccc(C(=O)N2CCCCC2C(=O)O)c1. The summed E-state index contributed by atoms with van der Waals surface area (Å²) in [4.78, 5) is 41.9. The van der Waals surface area contributed by atoms with Crippen LogP contribution in [0.25, 0.3) is 0 Å². The Bertz CT molecular complexity index is 822. The molecule has 1 aliphatic heterocycles. The van der Waals surface area contributed by atoms with Crippen LogP contribution in [-0.4, -0.2) is 45.4 Å². The summed E-state index contributed by atoms with van der Waals surface area (Å²) in [6.45, 7) is 0.431. The molecule has 0 bridgehead atoms. The van der Waals surface area contributed by atoms with Crippen LogP contribution in [0.5, 0.6) is 0 Å². The van der Waals surface area contributed by atoms with E-state index < -0.39 is 12.0 Å². The van der Waals surface area contributed by atoms with Gasteiger partial charge in [-0.15, -0.1) is 11.3 Å². The second kappa shape index (κ2) is 8.77. The maximum atomic E-state index is 12.8. The molecule has 2 N–H and O–H groups in total. The van der Waals surface area contributed by atoms with E-state index in [1.54, 1.807) is 30.5 Å². The number of hydrogen-bond acceptors (Lipinski definition) is 5. The molecule has 8 heteroatoms. The molecule has 1 fully saturated rings. The van der Waals surface area contributed by atoms with Crippen molar-refractivity contribution < 1.29 is 19.5 Å². The van der Waals surface area contributed by atoms with Gasteiger partial charge in [0.25, 0.3) is 5.91 Å². The number of benzene rings is 1. The van der Waals surface area contributed by atoms with Gasteiger partial charge < -0.3 is 15.3 Å². The number of rotatable bonds is 6. The predicted octanol–water partition coefficient (Wildman–Crippen LogP) is 2.79. The van der Waals surface area contributed by atoms with Crippen molar-refractivity contribution >= 4 is 34.8 Å². The van der Waals surface area contributed by atoms with E-state index in [2.05, 4.69) is 10.3 Å². The van der Waals surface area contributed by atoms with Gasteiger partial charge in [-0.1, -0.05) is 6.07 Å². The molecule has 1 aliphatic rings. The number of piperidine rings is 1. The first-order valence-electron chi connectivity index (χ1n) is 8.86. The van der Waals surface area contributed by atoms with Gasteiger partial charge in [0.15, 0.2) is 0 Å². The van der Waals surface area contributed by atoms with Crippen LogP contribution in [0.15, 0.2) is 35.8 Å². The highest BCUT2D eigenvalue weighted by Gasteiger charge is 2.32. The summed E-state index contributed by atoms with van der Waals surface area (Å²) < 4.78 is 0. The quantitative estimate of drug-likeness (QED) is 0.794. The van der Waals surface area contributed by atoms with Crippen LogP contribution in [0, 0.1) is 0 Å². The highest BCUT2D eigenvalue weighted by atomic mass is 32.1.